The molecule has 4 aromatic carbocycles. The molecule has 0 spiro atoms. The highest BCUT2D eigenvalue weighted by Crippen LogP contribution is 2.57. The number of allylic oxidation sites excluding steroid dienone is 3. The predicted octanol–water partition coefficient (Wildman–Crippen LogP) is 7.79. The van der Waals surface area contributed by atoms with Crippen LogP contribution in [0.25, 0.3) is 11.1 Å². The summed E-state index contributed by atoms with van der Waals surface area (Å²) < 4.78 is 23.6. The number of hydrogen-bond acceptors (Lipinski definition) is 4. The molecule has 0 aromatic heterocycles. The molecule has 2 atom stereocenters. The molecule has 1 aliphatic carbocycles. The Morgan fingerprint density at radius 3 is 1.68 bits per heavy atom. The van der Waals surface area contributed by atoms with Crippen molar-refractivity contribution >= 4 is 0 Å². The fraction of sp³-hybridized carbons (Fsp3) is 0.250. The van der Waals surface area contributed by atoms with Gasteiger partial charge in [-0.05, 0) is 75.4 Å². The Hall–Kier alpha value is -4.38. The SMILES string of the molecule is C=CCc1cc(C2(c3cc(CC=C)c(OCC4CO4)c(CC=C)c3)c3ccccc3-c3ccccc32)ccc1OCC1CO1. The van der Waals surface area contributed by atoms with Crippen LogP contribution >= 0.6 is 0 Å². The van der Waals surface area contributed by atoms with Crippen molar-refractivity contribution in [3.8, 4) is 22.6 Å². The van der Waals surface area contributed by atoms with Crippen LogP contribution in [-0.4, -0.2) is 38.6 Å². The average Bonchev–Trinajstić information content (AvgIpc) is 3.99. The van der Waals surface area contributed by atoms with E-state index >= 15 is 0 Å². The summed E-state index contributed by atoms with van der Waals surface area (Å²) in [7, 11) is 0. The lowest BCUT2D eigenvalue weighted by Crippen LogP contribution is -2.29. The van der Waals surface area contributed by atoms with Crippen molar-refractivity contribution in [3.05, 3.63) is 156 Å². The molecule has 0 bridgehead atoms. The van der Waals surface area contributed by atoms with Gasteiger partial charge in [-0.25, -0.2) is 0 Å². The lowest BCUT2D eigenvalue weighted by molar-refractivity contribution is 0.259. The second-order valence-electron chi connectivity index (χ2n) is 11.8. The van der Waals surface area contributed by atoms with Crippen LogP contribution < -0.4 is 9.47 Å². The molecule has 0 radical (unpaired) electrons. The van der Waals surface area contributed by atoms with Gasteiger partial charge < -0.3 is 18.9 Å². The van der Waals surface area contributed by atoms with Gasteiger partial charge in [0, 0.05) is 0 Å². The molecule has 2 saturated heterocycles. The highest BCUT2D eigenvalue weighted by molar-refractivity contribution is 5.86. The first-order valence-corrected chi connectivity index (χ1v) is 15.5. The summed E-state index contributed by atoms with van der Waals surface area (Å²) in [5, 5.41) is 0. The minimum Gasteiger partial charge on any atom is -0.490 e. The fourth-order valence-corrected chi connectivity index (χ4v) is 6.75. The Bertz CT molecular complexity index is 1650. The molecule has 0 N–H and O–H groups in total. The minimum atomic E-state index is -0.564. The number of ether oxygens (including phenoxy) is 4. The fourth-order valence-electron chi connectivity index (χ4n) is 6.75. The summed E-state index contributed by atoms with van der Waals surface area (Å²) >= 11 is 0. The summed E-state index contributed by atoms with van der Waals surface area (Å²) in [6, 6.07) is 29.0. The molecular formula is C40H38O4. The molecule has 4 heteroatoms. The number of hydrogen-bond donors (Lipinski definition) is 0. The average molecular weight is 583 g/mol. The summed E-state index contributed by atoms with van der Waals surface area (Å²) in [5.41, 5.74) is 10.2. The van der Waals surface area contributed by atoms with Crippen molar-refractivity contribution in [2.75, 3.05) is 26.4 Å². The van der Waals surface area contributed by atoms with Crippen LogP contribution in [-0.2, 0) is 34.2 Å². The molecule has 2 fully saturated rings. The van der Waals surface area contributed by atoms with Crippen LogP contribution in [0.3, 0.4) is 0 Å². The monoisotopic (exact) mass is 582 g/mol. The maximum Gasteiger partial charge on any atom is 0.126 e. The van der Waals surface area contributed by atoms with Crippen molar-refractivity contribution in [1.82, 2.24) is 0 Å². The standard InChI is InChI=1S/C40H38O4/c1-4-11-27-20-30(18-19-38(27)43-25-32-23-41-32)40(36-16-9-7-14-34(36)35-15-8-10-17-37(35)40)31-21-28(12-5-2)39(29(22-31)13-6-3)44-26-33-24-42-33/h4-10,14-22,32-33H,1-3,11-13,23-26H2. The molecule has 3 aliphatic rings. The first kappa shape index (κ1) is 28.4. The lowest BCUT2D eigenvalue weighted by Gasteiger charge is -2.35. The zero-order valence-corrected chi connectivity index (χ0v) is 25.1. The number of fused-ring (bicyclic) bond motifs is 3. The van der Waals surface area contributed by atoms with Gasteiger partial charge in [-0.3, -0.25) is 0 Å². The lowest BCUT2D eigenvalue weighted by atomic mass is 9.66. The van der Waals surface area contributed by atoms with Gasteiger partial charge in [0.15, 0.2) is 0 Å². The first-order chi connectivity index (χ1) is 21.7. The van der Waals surface area contributed by atoms with Crippen LogP contribution in [0.4, 0.5) is 0 Å². The van der Waals surface area contributed by atoms with E-state index in [-0.39, 0.29) is 12.2 Å². The van der Waals surface area contributed by atoms with Crippen LogP contribution in [0.1, 0.15) is 38.9 Å². The van der Waals surface area contributed by atoms with Gasteiger partial charge in [0.05, 0.1) is 18.6 Å². The molecule has 0 amide bonds. The largest absolute Gasteiger partial charge is 0.490 e. The van der Waals surface area contributed by atoms with Crippen LogP contribution in [0.5, 0.6) is 11.5 Å². The van der Waals surface area contributed by atoms with Crippen molar-refractivity contribution in [1.29, 1.82) is 0 Å². The molecule has 2 aliphatic heterocycles. The van der Waals surface area contributed by atoms with E-state index in [1.165, 1.54) is 33.4 Å². The van der Waals surface area contributed by atoms with Crippen molar-refractivity contribution in [2.24, 2.45) is 0 Å². The van der Waals surface area contributed by atoms with E-state index < -0.39 is 5.41 Å². The summed E-state index contributed by atoms with van der Waals surface area (Å²) in [4.78, 5) is 0. The Labute approximate surface area is 260 Å². The molecule has 4 nitrogen and oxygen atoms in total. The Balaban J connectivity index is 1.49. The topological polar surface area (TPSA) is 43.5 Å². The van der Waals surface area contributed by atoms with Gasteiger partial charge in [0.1, 0.15) is 36.9 Å². The third-order valence-corrected chi connectivity index (χ3v) is 8.86. The number of benzene rings is 4. The Morgan fingerprint density at radius 1 is 0.636 bits per heavy atom. The van der Waals surface area contributed by atoms with Gasteiger partial charge in [-0.2, -0.15) is 0 Å². The third-order valence-electron chi connectivity index (χ3n) is 8.86. The predicted molar refractivity (Wildman–Crippen MR) is 176 cm³/mol. The van der Waals surface area contributed by atoms with Crippen LogP contribution in [0, 0.1) is 0 Å². The van der Waals surface area contributed by atoms with Gasteiger partial charge >= 0.3 is 0 Å². The van der Waals surface area contributed by atoms with E-state index in [2.05, 4.69) is 98.6 Å². The quantitative estimate of drug-likeness (QED) is 0.0990. The maximum absolute atomic E-state index is 6.45. The molecule has 4 aromatic rings. The van der Waals surface area contributed by atoms with E-state index in [0.29, 0.717) is 32.5 Å². The van der Waals surface area contributed by atoms with Crippen LogP contribution in [0.15, 0.2) is 117 Å². The maximum atomic E-state index is 6.45. The number of rotatable bonds is 14. The van der Waals surface area contributed by atoms with Gasteiger partial charge in [0.25, 0.3) is 0 Å². The van der Waals surface area contributed by atoms with E-state index in [1.54, 1.807) is 0 Å². The van der Waals surface area contributed by atoms with Crippen molar-refractivity contribution < 1.29 is 18.9 Å². The van der Waals surface area contributed by atoms with Crippen molar-refractivity contribution in [2.45, 2.75) is 36.9 Å². The zero-order valence-electron chi connectivity index (χ0n) is 25.1. The summed E-state index contributed by atoms with van der Waals surface area (Å²) in [6.45, 7) is 14.9. The van der Waals surface area contributed by atoms with E-state index in [4.69, 9.17) is 18.9 Å². The first-order valence-electron chi connectivity index (χ1n) is 15.5. The molecule has 2 unspecified atom stereocenters. The Kier molecular flexibility index (Phi) is 7.71. The molecule has 2 heterocycles. The summed E-state index contributed by atoms with van der Waals surface area (Å²) in [6.07, 6.45) is 8.29. The second-order valence-corrected chi connectivity index (χ2v) is 11.8. The van der Waals surface area contributed by atoms with Crippen molar-refractivity contribution in [3.63, 3.8) is 0 Å². The molecule has 222 valence electrons. The minimum absolute atomic E-state index is 0.165. The molecule has 7 rings (SSSR count). The van der Waals surface area contributed by atoms with Gasteiger partial charge in [-0.15, -0.1) is 19.7 Å². The van der Waals surface area contributed by atoms with E-state index in [1.807, 2.05) is 18.2 Å². The van der Waals surface area contributed by atoms with E-state index in [9.17, 15) is 0 Å². The highest BCUT2D eigenvalue weighted by Gasteiger charge is 2.46. The third kappa shape index (κ3) is 5.08. The molecule has 44 heavy (non-hydrogen) atoms. The van der Waals surface area contributed by atoms with E-state index in [0.717, 1.165) is 41.4 Å². The highest BCUT2D eigenvalue weighted by atomic mass is 16.6. The van der Waals surface area contributed by atoms with Gasteiger partial charge in [0.2, 0.25) is 0 Å². The van der Waals surface area contributed by atoms with Crippen LogP contribution in [0.2, 0.25) is 0 Å². The normalized spacial score (nSPS) is 18.5. The number of epoxide rings is 2. The zero-order chi connectivity index (χ0) is 30.1. The molecule has 0 saturated carbocycles. The second kappa shape index (κ2) is 12.0. The van der Waals surface area contributed by atoms with Gasteiger partial charge in [-0.1, -0.05) is 91.0 Å². The summed E-state index contributed by atoms with van der Waals surface area (Å²) in [5.74, 6) is 1.79. The smallest absolute Gasteiger partial charge is 0.126 e. The Morgan fingerprint density at radius 2 is 1.14 bits per heavy atom. The molecular weight excluding hydrogens is 544 g/mol.